The molecule has 0 aliphatic rings. The second-order valence-corrected chi connectivity index (χ2v) is 5.85. The maximum absolute atomic E-state index is 12.0. The third kappa shape index (κ3) is 4.43. The first-order valence-electron chi connectivity index (χ1n) is 5.80. The number of alkyl halides is 3. The monoisotopic (exact) mass is 337 g/mol. The van der Waals surface area contributed by atoms with Gasteiger partial charge < -0.3 is 9.26 Å². The van der Waals surface area contributed by atoms with Gasteiger partial charge in [-0.25, -0.2) is 13.1 Å². The molecular weight excluding hydrogens is 327 g/mol. The first kappa shape index (κ1) is 16.2. The van der Waals surface area contributed by atoms with E-state index in [9.17, 15) is 21.6 Å². The van der Waals surface area contributed by atoms with Crippen molar-refractivity contribution in [3.63, 3.8) is 0 Å². The molecule has 7 nitrogen and oxygen atoms in total. The number of aromatic nitrogens is 2. The van der Waals surface area contributed by atoms with Crippen LogP contribution in [0.15, 0.2) is 33.7 Å². The Morgan fingerprint density at radius 2 is 1.91 bits per heavy atom. The predicted octanol–water partition coefficient (Wildman–Crippen LogP) is 1.76. The van der Waals surface area contributed by atoms with Gasteiger partial charge in [0, 0.05) is 0 Å². The maximum Gasteiger partial charge on any atom is 0.573 e. The number of nitrogens with one attached hydrogen (secondary N) is 1. The molecule has 0 saturated heterocycles. The number of ether oxygens (including phenoxy) is 1. The molecule has 0 saturated carbocycles. The molecule has 0 atom stereocenters. The topological polar surface area (TPSA) is 94.3 Å². The van der Waals surface area contributed by atoms with E-state index >= 15 is 0 Å². The van der Waals surface area contributed by atoms with E-state index in [1.807, 2.05) is 0 Å². The molecule has 120 valence electrons. The highest BCUT2D eigenvalue weighted by Gasteiger charge is 2.31. The predicted molar refractivity (Wildman–Crippen MR) is 66.2 cm³/mol. The Morgan fingerprint density at radius 3 is 2.41 bits per heavy atom. The zero-order valence-electron chi connectivity index (χ0n) is 11.1. The zero-order valence-corrected chi connectivity index (χ0v) is 11.9. The van der Waals surface area contributed by atoms with Gasteiger partial charge in [-0.15, -0.1) is 13.2 Å². The average molecular weight is 337 g/mol. The van der Waals surface area contributed by atoms with E-state index in [1.54, 1.807) is 6.92 Å². The van der Waals surface area contributed by atoms with Crippen LogP contribution in [0, 0.1) is 6.92 Å². The molecule has 2 rings (SSSR count). The SMILES string of the molecule is Cc1noc(CNS(=O)(=O)c2ccc(OC(F)(F)F)cc2)n1. The number of sulfonamides is 1. The molecule has 0 spiro atoms. The molecule has 11 heteroatoms. The van der Waals surface area contributed by atoms with Crippen molar-refractivity contribution < 1.29 is 30.8 Å². The smallest absolute Gasteiger partial charge is 0.406 e. The van der Waals surface area contributed by atoms with Crippen LogP contribution in [-0.4, -0.2) is 24.9 Å². The minimum atomic E-state index is -4.84. The average Bonchev–Trinajstić information content (AvgIpc) is 2.81. The van der Waals surface area contributed by atoms with Crippen molar-refractivity contribution in [3.8, 4) is 5.75 Å². The molecule has 1 aromatic heterocycles. The summed E-state index contributed by atoms with van der Waals surface area (Å²) in [5, 5.41) is 3.49. The Kier molecular flexibility index (Phi) is 4.37. The van der Waals surface area contributed by atoms with Gasteiger partial charge in [-0.3, -0.25) is 0 Å². The van der Waals surface area contributed by atoms with E-state index < -0.39 is 22.1 Å². The highest BCUT2D eigenvalue weighted by molar-refractivity contribution is 7.89. The number of aryl methyl sites for hydroxylation is 1. The summed E-state index contributed by atoms with van der Waals surface area (Å²) < 4.78 is 70.5. The number of benzene rings is 1. The highest BCUT2D eigenvalue weighted by atomic mass is 32.2. The van der Waals surface area contributed by atoms with Crippen LogP contribution in [0.4, 0.5) is 13.2 Å². The normalized spacial score (nSPS) is 12.4. The van der Waals surface area contributed by atoms with Gasteiger partial charge in [-0.05, 0) is 31.2 Å². The van der Waals surface area contributed by atoms with Crippen molar-refractivity contribution in [3.05, 3.63) is 36.0 Å². The minimum Gasteiger partial charge on any atom is -0.406 e. The Balaban J connectivity index is 2.06. The van der Waals surface area contributed by atoms with Crippen LogP contribution in [0.1, 0.15) is 11.7 Å². The van der Waals surface area contributed by atoms with Crippen molar-refractivity contribution in [1.29, 1.82) is 0 Å². The van der Waals surface area contributed by atoms with Gasteiger partial charge in [0.1, 0.15) is 5.75 Å². The van der Waals surface area contributed by atoms with Crippen molar-refractivity contribution in [2.75, 3.05) is 0 Å². The summed E-state index contributed by atoms with van der Waals surface area (Å²) in [5.74, 6) is -0.0973. The van der Waals surface area contributed by atoms with Crippen molar-refractivity contribution >= 4 is 10.0 Å². The lowest BCUT2D eigenvalue weighted by Crippen LogP contribution is -2.23. The van der Waals surface area contributed by atoms with E-state index in [1.165, 1.54) is 0 Å². The largest absolute Gasteiger partial charge is 0.573 e. The summed E-state index contributed by atoms with van der Waals surface area (Å²) in [6.45, 7) is 1.34. The Labute approximate surface area is 123 Å². The minimum absolute atomic E-state index is 0.0677. The second-order valence-electron chi connectivity index (χ2n) is 4.08. The number of hydrogen-bond acceptors (Lipinski definition) is 6. The van der Waals surface area contributed by atoms with Gasteiger partial charge in [0.15, 0.2) is 5.82 Å². The van der Waals surface area contributed by atoms with Crippen LogP contribution < -0.4 is 9.46 Å². The van der Waals surface area contributed by atoms with Crippen LogP contribution in [0.25, 0.3) is 0 Å². The third-order valence-corrected chi connectivity index (χ3v) is 3.77. The van der Waals surface area contributed by atoms with Gasteiger partial charge in [-0.2, -0.15) is 4.98 Å². The van der Waals surface area contributed by atoms with Gasteiger partial charge in [0.2, 0.25) is 15.9 Å². The molecule has 0 aliphatic carbocycles. The van der Waals surface area contributed by atoms with Gasteiger partial charge >= 0.3 is 6.36 Å². The number of rotatable bonds is 5. The van der Waals surface area contributed by atoms with Crippen LogP contribution in [0.2, 0.25) is 0 Å². The number of hydrogen-bond donors (Lipinski definition) is 1. The van der Waals surface area contributed by atoms with E-state index in [0.717, 1.165) is 24.3 Å². The molecule has 22 heavy (non-hydrogen) atoms. The van der Waals surface area contributed by atoms with Crippen LogP contribution in [0.5, 0.6) is 5.75 Å². The fourth-order valence-electron chi connectivity index (χ4n) is 1.47. The lowest BCUT2D eigenvalue weighted by atomic mass is 10.3. The van der Waals surface area contributed by atoms with E-state index in [-0.39, 0.29) is 17.3 Å². The fourth-order valence-corrected chi connectivity index (χ4v) is 2.45. The molecule has 1 N–H and O–H groups in total. The first-order chi connectivity index (χ1) is 10.2. The zero-order chi connectivity index (χ0) is 16.4. The summed E-state index contributed by atoms with van der Waals surface area (Å²) in [7, 11) is -3.92. The molecule has 0 amide bonds. The molecule has 0 unspecified atom stereocenters. The van der Waals surface area contributed by atoms with Gasteiger partial charge in [-0.1, -0.05) is 5.16 Å². The standard InChI is InChI=1S/C11H10F3N3O4S/c1-7-16-10(21-17-7)6-15-22(18,19)9-4-2-8(3-5-9)20-11(12,13)14/h2-5,15H,6H2,1H3. The Morgan fingerprint density at radius 1 is 1.27 bits per heavy atom. The third-order valence-electron chi connectivity index (χ3n) is 2.35. The van der Waals surface area contributed by atoms with Crippen molar-refractivity contribution in [1.82, 2.24) is 14.9 Å². The molecule has 1 heterocycles. The van der Waals surface area contributed by atoms with Gasteiger partial charge in [0.25, 0.3) is 0 Å². The highest BCUT2D eigenvalue weighted by Crippen LogP contribution is 2.23. The quantitative estimate of drug-likeness (QED) is 0.893. The molecule has 1 aromatic carbocycles. The second kappa shape index (κ2) is 5.93. The lowest BCUT2D eigenvalue weighted by molar-refractivity contribution is -0.274. The first-order valence-corrected chi connectivity index (χ1v) is 7.29. The van der Waals surface area contributed by atoms with Crippen molar-refractivity contribution in [2.45, 2.75) is 24.7 Å². The molecule has 0 bridgehead atoms. The molecule has 0 fully saturated rings. The summed E-state index contributed by atoms with van der Waals surface area (Å²) in [4.78, 5) is 3.59. The van der Waals surface area contributed by atoms with Crippen molar-refractivity contribution in [2.24, 2.45) is 0 Å². The summed E-state index contributed by atoms with van der Waals surface area (Å²) in [6.07, 6.45) is -4.84. The summed E-state index contributed by atoms with van der Waals surface area (Å²) in [5.41, 5.74) is 0. The Bertz CT molecular complexity index is 741. The molecule has 2 aromatic rings. The number of nitrogens with zero attached hydrogens (tertiary/aromatic N) is 2. The lowest BCUT2D eigenvalue weighted by Gasteiger charge is -2.09. The van der Waals surface area contributed by atoms with Crippen LogP contribution >= 0.6 is 0 Å². The van der Waals surface area contributed by atoms with Crippen LogP contribution in [-0.2, 0) is 16.6 Å². The summed E-state index contributed by atoms with van der Waals surface area (Å²) >= 11 is 0. The maximum atomic E-state index is 12.0. The van der Waals surface area contributed by atoms with Gasteiger partial charge in [0.05, 0.1) is 11.4 Å². The molecule has 0 radical (unpaired) electrons. The van der Waals surface area contributed by atoms with Crippen LogP contribution in [0.3, 0.4) is 0 Å². The molecule has 0 aliphatic heterocycles. The molecular formula is C11H10F3N3O4S. The van der Waals surface area contributed by atoms with E-state index in [2.05, 4.69) is 19.6 Å². The number of halogens is 3. The van der Waals surface area contributed by atoms with E-state index in [0.29, 0.717) is 5.82 Å². The fraction of sp³-hybridized carbons (Fsp3) is 0.273. The summed E-state index contributed by atoms with van der Waals surface area (Å²) in [6, 6.07) is 3.78. The van der Waals surface area contributed by atoms with E-state index in [4.69, 9.17) is 4.52 Å². The Hall–Kier alpha value is -2.14.